The number of aromatic nitrogens is 4. The standard InChI is InChI=1S/C17H17F2N5O/c18-15-4-3-12(6-16(15)19)17-22-13(9-25-17)7-23-5-1-2-14(8-23)24-11-20-10-21-24/h3-4,6,9-11,14H,1-2,5,7-8H2. The Kier molecular flexibility index (Phi) is 4.27. The van der Waals surface area contributed by atoms with Gasteiger partial charge in [-0.2, -0.15) is 5.10 Å². The molecule has 0 amide bonds. The van der Waals surface area contributed by atoms with Gasteiger partial charge in [0, 0.05) is 18.7 Å². The van der Waals surface area contributed by atoms with Crippen LogP contribution in [0.3, 0.4) is 0 Å². The Bertz CT molecular complexity index is 849. The highest BCUT2D eigenvalue weighted by atomic mass is 19.2. The normalized spacial score (nSPS) is 18.6. The summed E-state index contributed by atoms with van der Waals surface area (Å²) < 4.78 is 33.7. The molecule has 1 aliphatic heterocycles. The van der Waals surface area contributed by atoms with Crippen LogP contribution in [0.1, 0.15) is 24.6 Å². The third-order valence-electron chi connectivity index (χ3n) is 4.40. The van der Waals surface area contributed by atoms with Crippen molar-refractivity contribution >= 4 is 0 Å². The molecular formula is C17H17F2N5O. The number of likely N-dealkylation sites (tertiary alicyclic amines) is 1. The highest BCUT2D eigenvalue weighted by molar-refractivity contribution is 5.53. The average molecular weight is 345 g/mol. The summed E-state index contributed by atoms with van der Waals surface area (Å²) in [4.78, 5) is 10.7. The first-order valence-corrected chi connectivity index (χ1v) is 8.15. The maximum absolute atomic E-state index is 13.4. The molecule has 1 aliphatic rings. The summed E-state index contributed by atoms with van der Waals surface area (Å²) in [5, 5.41) is 4.22. The Morgan fingerprint density at radius 2 is 2.16 bits per heavy atom. The molecule has 1 fully saturated rings. The highest BCUT2D eigenvalue weighted by Crippen LogP contribution is 2.24. The van der Waals surface area contributed by atoms with Crippen molar-refractivity contribution in [1.82, 2.24) is 24.6 Å². The van der Waals surface area contributed by atoms with Gasteiger partial charge in [0.05, 0.1) is 11.7 Å². The highest BCUT2D eigenvalue weighted by Gasteiger charge is 2.22. The quantitative estimate of drug-likeness (QED) is 0.727. The van der Waals surface area contributed by atoms with Crippen molar-refractivity contribution < 1.29 is 13.2 Å². The van der Waals surface area contributed by atoms with Crippen LogP contribution < -0.4 is 0 Å². The number of nitrogens with zero attached hydrogens (tertiary/aromatic N) is 5. The number of hydrogen-bond donors (Lipinski definition) is 0. The molecule has 2 aromatic heterocycles. The van der Waals surface area contributed by atoms with Crippen LogP contribution in [0, 0.1) is 11.6 Å². The van der Waals surface area contributed by atoms with Crippen molar-refractivity contribution in [2.24, 2.45) is 0 Å². The Morgan fingerprint density at radius 3 is 2.96 bits per heavy atom. The molecule has 0 radical (unpaired) electrons. The summed E-state index contributed by atoms with van der Waals surface area (Å²) in [6.07, 6.45) is 6.99. The molecule has 0 aliphatic carbocycles. The summed E-state index contributed by atoms with van der Waals surface area (Å²) in [5.41, 5.74) is 1.18. The molecule has 0 saturated carbocycles. The van der Waals surface area contributed by atoms with Crippen LogP contribution in [0.4, 0.5) is 8.78 Å². The number of piperidine rings is 1. The monoisotopic (exact) mass is 345 g/mol. The zero-order valence-corrected chi connectivity index (χ0v) is 13.5. The number of oxazole rings is 1. The van der Waals surface area contributed by atoms with Gasteiger partial charge in [-0.3, -0.25) is 4.90 Å². The number of benzene rings is 1. The maximum Gasteiger partial charge on any atom is 0.226 e. The minimum Gasteiger partial charge on any atom is -0.444 e. The number of rotatable bonds is 4. The lowest BCUT2D eigenvalue weighted by atomic mass is 10.1. The lowest BCUT2D eigenvalue weighted by Crippen LogP contribution is -2.36. The van der Waals surface area contributed by atoms with E-state index in [0.717, 1.165) is 43.8 Å². The predicted octanol–water partition coefficient (Wildman–Crippen LogP) is 3.05. The third-order valence-corrected chi connectivity index (χ3v) is 4.40. The van der Waals surface area contributed by atoms with E-state index in [1.54, 1.807) is 18.9 Å². The number of halogens is 2. The minimum absolute atomic E-state index is 0.290. The van der Waals surface area contributed by atoms with Gasteiger partial charge < -0.3 is 4.42 Å². The first-order chi connectivity index (χ1) is 12.2. The fourth-order valence-corrected chi connectivity index (χ4v) is 3.17. The van der Waals surface area contributed by atoms with Gasteiger partial charge in [-0.05, 0) is 37.6 Å². The van der Waals surface area contributed by atoms with Crippen LogP contribution in [-0.2, 0) is 6.54 Å². The van der Waals surface area contributed by atoms with Gasteiger partial charge in [0.25, 0.3) is 0 Å². The van der Waals surface area contributed by atoms with E-state index in [1.165, 1.54) is 6.07 Å². The van der Waals surface area contributed by atoms with E-state index in [0.29, 0.717) is 24.0 Å². The van der Waals surface area contributed by atoms with Crippen LogP contribution in [0.15, 0.2) is 41.5 Å². The van der Waals surface area contributed by atoms with Crippen molar-refractivity contribution in [2.75, 3.05) is 13.1 Å². The summed E-state index contributed by atoms with van der Waals surface area (Å²) >= 11 is 0. The van der Waals surface area contributed by atoms with Crippen molar-refractivity contribution in [3.05, 3.63) is 54.4 Å². The molecule has 1 aromatic carbocycles. The fourth-order valence-electron chi connectivity index (χ4n) is 3.17. The SMILES string of the molecule is Fc1ccc(-c2nc(CN3CCCC(n4cncn4)C3)co2)cc1F. The molecule has 3 heterocycles. The van der Waals surface area contributed by atoms with Gasteiger partial charge in [-0.15, -0.1) is 0 Å². The molecule has 1 saturated heterocycles. The largest absolute Gasteiger partial charge is 0.444 e. The lowest BCUT2D eigenvalue weighted by molar-refractivity contribution is 0.161. The molecule has 4 rings (SSSR count). The Labute approximate surface area is 143 Å². The van der Waals surface area contributed by atoms with E-state index in [9.17, 15) is 8.78 Å². The van der Waals surface area contributed by atoms with Crippen LogP contribution in [0.2, 0.25) is 0 Å². The fraction of sp³-hybridized carbons (Fsp3) is 0.353. The minimum atomic E-state index is -0.913. The van der Waals surface area contributed by atoms with Crippen molar-refractivity contribution in [3.8, 4) is 11.5 Å². The van der Waals surface area contributed by atoms with Crippen LogP contribution >= 0.6 is 0 Å². The molecule has 0 spiro atoms. The summed E-state index contributed by atoms with van der Waals surface area (Å²) in [5.74, 6) is -1.51. The summed E-state index contributed by atoms with van der Waals surface area (Å²) in [6, 6.07) is 3.92. The van der Waals surface area contributed by atoms with Crippen molar-refractivity contribution in [2.45, 2.75) is 25.4 Å². The molecule has 0 bridgehead atoms. The zero-order valence-electron chi connectivity index (χ0n) is 13.5. The molecule has 0 N–H and O–H groups in total. The van der Waals surface area contributed by atoms with Crippen molar-refractivity contribution in [3.63, 3.8) is 0 Å². The van der Waals surface area contributed by atoms with E-state index in [4.69, 9.17) is 4.42 Å². The smallest absolute Gasteiger partial charge is 0.226 e. The molecule has 6 nitrogen and oxygen atoms in total. The molecule has 130 valence electrons. The lowest BCUT2D eigenvalue weighted by Gasteiger charge is -2.31. The van der Waals surface area contributed by atoms with Gasteiger partial charge in [0.1, 0.15) is 18.9 Å². The first-order valence-electron chi connectivity index (χ1n) is 8.15. The van der Waals surface area contributed by atoms with E-state index in [1.807, 2.05) is 4.68 Å². The van der Waals surface area contributed by atoms with Crippen LogP contribution in [-0.4, -0.2) is 37.7 Å². The average Bonchev–Trinajstić information content (AvgIpc) is 3.29. The van der Waals surface area contributed by atoms with Gasteiger partial charge in [0.2, 0.25) is 5.89 Å². The molecule has 3 aromatic rings. The van der Waals surface area contributed by atoms with Gasteiger partial charge in [-0.1, -0.05) is 0 Å². The predicted molar refractivity (Wildman–Crippen MR) is 85.4 cm³/mol. The Balaban J connectivity index is 1.44. The molecule has 8 heteroatoms. The van der Waals surface area contributed by atoms with E-state index in [-0.39, 0.29) is 0 Å². The van der Waals surface area contributed by atoms with Crippen LogP contribution in [0.5, 0.6) is 0 Å². The molecule has 1 unspecified atom stereocenters. The second kappa shape index (κ2) is 6.72. The van der Waals surface area contributed by atoms with Gasteiger partial charge >= 0.3 is 0 Å². The Hall–Kier alpha value is -2.61. The summed E-state index contributed by atoms with van der Waals surface area (Å²) in [6.45, 7) is 2.47. The molecule has 25 heavy (non-hydrogen) atoms. The van der Waals surface area contributed by atoms with E-state index >= 15 is 0 Å². The van der Waals surface area contributed by atoms with Crippen LogP contribution in [0.25, 0.3) is 11.5 Å². The second-order valence-corrected chi connectivity index (χ2v) is 6.18. The van der Waals surface area contributed by atoms with Crippen molar-refractivity contribution in [1.29, 1.82) is 0 Å². The number of hydrogen-bond acceptors (Lipinski definition) is 5. The Morgan fingerprint density at radius 1 is 1.24 bits per heavy atom. The second-order valence-electron chi connectivity index (χ2n) is 6.18. The van der Waals surface area contributed by atoms with E-state index < -0.39 is 11.6 Å². The maximum atomic E-state index is 13.4. The van der Waals surface area contributed by atoms with E-state index in [2.05, 4.69) is 20.0 Å². The molecular weight excluding hydrogens is 328 g/mol. The molecule has 1 atom stereocenters. The summed E-state index contributed by atoms with van der Waals surface area (Å²) in [7, 11) is 0. The zero-order chi connectivity index (χ0) is 17.2. The van der Waals surface area contributed by atoms with Gasteiger partial charge in [0.15, 0.2) is 11.6 Å². The third kappa shape index (κ3) is 3.43. The first kappa shape index (κ1) is 15.9. The van der Waals surface area contributed by atoms with Gasteiger partial charge in [-0.25, -0.2) is 23.4 Å². The topological polar surface area (TPSA) is 60.0 Å².